The number of nitrogens with zero attached hydrogens (tertiary/aromatic N) is 4. The Bertz CT molecular complexity index is 4260. The molecule has 0 fully saturated rings. The van der Waals surface area contributed by atoms with Crippen LogP contribution < -0.4 is 9.80 Å². The van der Waals surface area contributed by atoms with Gasteiger partial charge in [-0.15, -0.1) is 0 Å². The Morgan fingerprint density at radius 3 is 1.51 bits per heavy atom. The van der Waals surface area contributed by atoms with Crippen LogP contribution in [0.15, 0.2) is 211 Å². The molecule has 2 aliphatic carbocycles. The third-order valence-corrected chi connectivity index (χ3v) is 16.4. The number of benzene rings is 9. The van der Waals surface area contributed by atoms with Crippen LogP contribution in [0.3, 0.4) is 0 Å². The van der Waals surface area contributed by atoms with E-state index in [1.54, 1.807) is 0 Å². The number of pyridine rings is 2. The molecule has 76 heavy (non-hydrogen) atoms. The maximum atomic E-state index is 7.32. The van der Waals surface area contributed by atoms with Crippen LogP contribution in [-0.4, -0.2) is 9.97 Å². The van der Waals surface area contributed by atoms with E-state index in [0.29, 0.717) is 0 Å². The largest absolute Gasteiger partial charge is 0.454 e. The van der Waals surface area contributed by atoms with E-state index >= 15 is 0 Å². The van der Waals surface area contributed by atoms with Gasteiger partial charge in [-0.1, -0.05) is 175 Å². The molecule has 0 atom stereocenters. The third kappa shape index (κ3) is 6.70. The Balaban J connectivity index is 1.13. The van der Waals surface area contributed by atoms with Crippen LogP contribution in [0.1, 0.15) is 86.1 Å². The molecule has 14 rings (SSSR count). The first kappa shape index (κ1) is 45.8. The lowest BCUT2D eigenvalue weighted by molar-refractivity contribution is 0.590. The van der Waals surface area contributed by atoms with Crippen LogP contribution in [0.5, 0.6) is 0 Å². The quantitative estimate of drug-likeness (QED) is 0.155. The molecule has 0 unspecified atom stereocenters. The van der Waals surface area contributed by atoms with E-state index in [2.05, 4.69) is 259 Å². The van der Waals surface area contributed by atoms with Crippen LogP contribution in [0.2, 0.25) is 0 Å². The second-order valence-electron chi connectivity index (χ2n) is 23.1. The van der Waals surface area contributed by atoms with E-state index in [9.17, 15) is 0 Å². The molecule has 0 saturated heterocycles. The summed E-state index contributed by atoms with van der Waals surface area (Å²) >= 11 is 0. The number of rotatable bonds is 6. The van der Waals surface area contributed by atoms with Gasteiger partial charge in [-0.2, -0.15) is 0 Å². The van der Waals surface area contributed by atoms with Gasteiger partial charge in [0.15, 0.2) is 5.58 Å². The molecule has 1 spiro atoms. The van der Waals surface area contributed by atoms with Gasteiger partial charge in [-0.05, 0) is 174 Å². The summed E-state index contributed by atoms with van der Waals surface area (Å²) in [6, 6.07) is 72.2. The smallest absolute Gasteiger partial charge is 0.160 e. The second-order valence-corrected chi connectivity index (χ2v) is 23.1. The lowest BCUT2D eigenvalue weighted by atomic mass is 9.69. The lowest BCUT2D eigenvalue weighted by Crippen LogP contribution is -2.26. The summed E-state index contributed by atoms with van der Waals surface area (Å²) in [6.07, 6.45) is 3.94. The number of hydrogen-bond acceptors (Lipinski definition) is 5. The monoisotopic (exact) mass is 982 g/mol. The van der Waals surface area contributed by atoms with E-state index in [1.165, 1.54) is 77.2 Å². The van der Waals surface area contributed by atoms with Crippen LogP contribution in [0, 0.1) is 13.8 Å². The van der Waals surface area contributed by atoms with Crippen molar-refractivity contribution in [2.45, 2.75) is 71.6 Å². The molecule has 0 radical (unpaired) electrons. The number of aromatic nitrogens is 2. The van der Waals surface area contributed by atoms with Crippen molar-refractivity contribution >= 4 is 77.9 Å². The standard InChI is InChI=1S/C71H58N4O/c1-43-25-37-62(72-41-43)74(47-31-27-45(28-32-47)69(3,4)5)49-35-36-54-56(39-49)50-17-9-10-20-53(50)64-66-59(71(67(54)64)57-22-14-11-18-51(57)52-19-12-15-23-58(52)71)40-60(68-65(66)55-21-13-16-24-61(55)76-68)75(63-38-26-44(2)42-73-63)48-33-29-46(30-34-48)70(6,7)8/h9-42H,1-8H3. The van der Waals surface area contributed by atoms with Gasteiger partial charge >= 0.3 is 0 Å². The van der Waals surface area contributed by atoms with Gasteiger partial charge < -0.3 is 4.42 Å². The highest BCUT2D eigenvalue weighted by Crippen LogP contribution is 2.68. The average molecular weight is 983 g/mol. The summed E-state index contributed by atoms with van der Waals surface area (Å²) in [5, 5.41) is 6.96. The molecule has 3 aromatic heterocycles. The first-order valence-corrected chi connectivity index (χ1v) is 26.6. The van der Waals surface area contributed by atoms with Crippen LogP contribution in [0.25, 0.3) is 65.7 Å². The lowest BCUT2D eigenvalue weighted by Gasteiger charge is -2.33. The fourth-order valence-corrected chi connectivity index (χ4v) is 12.7. The van der Waals surface area contributed by atoms with E-state index < -0.39 is 5.41 Å². The Kier molecular flexibility index (Phi) is 10.0. The Morgan fingerprint density at radius 1 is 0.421 bits per heavy atom. The number of hydrogen-bond donors (Lipinski definition) is 0. The molecule has 12 aromatic rings. The number of para-hydroxylation sites is 1. The minimum atomic E-state index is -0.744. The van der Waals surface area contributed by atoms with Crippen LogP contribution >= 0.6 is 0 Å². The number of anilines is 6. The average Bonchev–Trinajstić information content (AvgIpc) is 3.75. The van der Waals surface area contributed by atoms with Crippen molar-refractivity contribution in [2.24, 2.45) is 0 Å². The predicted octanol–water partition coefficient (Wildman–Crippen LogP) is 19.2. The van der Waals surface area contributed by atoms with Gasteiger partial charge in [0.1, 0.15) is 17.2 Å². The molecule has 0 saturated carbocycles. The molecule has 3 heterocycles. The van der Waals surface area contributed by atoms with Gasteiger partial charge in [0.05, 0.1) is 11.1 Å². The molecule has 0 N–H and O–H groups in total. The highest BCUT2D eigenvalue weighted by atomic mass is 16.3. The zero-order valence-corrected chi connectivity index (χ0v) is 44.3. The minimum absolute atomic E-state index is 0.0152. The summed E-state index contributed by atoms with van der Waals surface area (Å²) in [5.74, 6) is 1.68. The van der Waals surface area contributed by atoms with E-state index in [1.807, 2.05) is 12.4 Å². The third-order valence-electron chi connectivity index (χ3n) is 16.4. The summed E-state index contributed by atoms with van der Waals surface area (Å²) in [4.78, 5) is 14.9. The fraction of sp³-hybridized carbons (Fsp3) is 0.155. The molecule has 5 heteroatoms. The minimum Gasteiger partial charge on any atom is -0.454 e. The summed E-state index contributed by atoms with van der Waals surface area (Å²) in [7, 11) is 0. The molecule has 0 aliphatic heterocycles. The highest BCUT2D eigenvalue weighted by Gasteiger charge is 2.54. The Hall–Kier alpha value is -8.80. The Labute approximate surface area is 444 Å². The van der Waals surface area contributed by atoms with Gasteiger partial charge in [-0.3, -0.25) is 9.80 Å². The Morgan fingerprint density at radius 2 is 0.934 bits per heavy atom. The summed E-state index contributed by atoms with van der Waals surface area (Å²) < 4.78 is 7.32. The van der Waals surface area contributed by atoms with Gasteiger partial charge in [0, 0.05) is 40.2 Å². The number of furan rings is 1. The zero-order chi connectivity index (χ0) is 51.8. The molecule has 0 amide bonds. The van der Waals surface area contributed by atoms with Crippen LogP contribution in [0.4, 0.5) is 34.4 Å². The molecule has 0 bridgehead atoms. The zero-order valence-electron chi connectivity index (χ0n) is 44.3. The molecule has 9 aromatic carbocycles. The normalized spacial score (nSPS) is 13.4. The van der Waals surface area contributed by atoms with Crippen molar-refractivity contribution in [2.75, 3.05) is 9.80 Å². The first-order valence-electron chi connectivity index (χ1n) is 26.6. The number of aryl methyl sites for hydroxylation is 2. The van der Waals surface area contributed by atoms with Gasteiger partial charge in [-0.25, -0.2) is 9.97 Å². The highest BCUT2D eigenvalue weighted by molar-refractivity contribution is 6.27. The van der Waals surface area contributed by atoms with Gasteiger partial charge in [0.2, 0.25) is 0 Å². The van der Waals surface area contributed by atoms with Crippen molar-refractivity contribution < 1.29 is 4.42 Å². The predicted molar refractivity (Wildman–Crippen MR) is 317 cm³/mol. The summed E-state index contributed by atoms with van der Waals surface area (Å²) in [5.41, 5.74) is 19.7. The van der Waals surface area contributed by atoms with Crippen LogP contribution in [-0.2, 0) is 16.2 Å². The SMILES string of the molecule is Cc1ccc(N(c2ccc(C(C)(C)C)cc2)c2ccc3c4c(c5ccccc5c3c2)-c2c(cc(N(c3ccc(C(C)(C)C)cc3)c3ccc(C)cn3)c3oc5ccccc5c23)C42c3ccccc3-c3ccccc32)nc1. The molecule has 368 valence electrons. The van der Waals surface area contributed by atoms with Crippen molar-refractivity contribution in [1.82, 2.24) is 9.97 Å². The topological polar surface area (TPSA) is 45.4 Å². The molecular weight excluding hydrogens is 925 g/mol. The van der Waals surface area contributed by atoms with E-state index in [4.69, 9.17) is 14.4 Å². The van der Waals surface area contributed by atoms with Crippen molar-refractivity contribution in [3.8, 4) is 22.3 Å². The van der Waals surface area contributed by atoms with Crippen molar-refractivity contribution in [1.29, 1.82) is 0 Å². The number of fused-ring (bicyclic) bond motifs is 19. The second kappa shape index (κ2) is 16.6. The molecule has 2 aliphatic rings. The summed E-state index contributed by atoms with van der Waals surface area (Å²) in [6.45, 7) is 17.8. The van der Waals surface area contributed by atoms with Gasteiger partial charge in [0.25, 0.3) is 0 Å². The van der Waals surface area contributed by atoms with E-state index in [0.717, 1.165) is 67.5 Å². The van der Waals surface area contributed by atoms with E-state index in [-0.39, 0.29) is 10.8 Å². The maximum Gasteiger partial charge on any atom is 0.160 e. The maximum absolute atomic E-state index is 7.32. The molecule has 5 nitrogen and oxygen atoms in total. The van der Waals surface area contributed by atoms with Crippen molar-refractivity contribution in [3.05, 3.63) is 251 Å². The van der Waals surface area contributed by atoms with Crippen molar-refractivity contribution in [3.63, 3.8) is 0 Å². The fourth-order valence-electron chi connectivity index (χ4n) is 12.7. The molecular formula is C71H58N4O. The first-order chi connectivity index (χ1) is 36.8.